The molecule has 0 N–H and O–H groups in total. The number of sulfonamides is 1. The monoisotopic (exact) mass is 449 g/mol. The molecular weight excluding hydrogens is 430 g/mol. The van der Waals surface area contributed by atoms with E-state index in [1.807, 2.05) is 19.2 Å². The summed E-state index contributed by atoms with van der Waals surface area (Å²) in [4.78, 5) is 17.0. The summed E-state index contributed by atoms with van der Waals surface area (Å²) in [5.41, 5.74) is 2.01. The van der Waals surface area contributed by atoms with Crippen LogP contribution in [0.5, 0.6) is 0 Å². The highest BCUT2D eigenvalue weighted by Crippen LogP contribution is 2.43. The van der Waals surface area contributed by atoms with Crippen molar-refractivity contribution in [2.45, 2.75) is 4.90 Å². The summed E-state index contributed by atoms with van der Waals surface area (Å²) in [7, 11) is -1.78. The number of anilines is 1. The van der Waals surface area contributed by atoms with Crippen LogP contribution in [0.3, 0.4) is 0 Å². The first-order chi connectivity index (χ1) is 12.9. The lowest BCUT2D eigenvalue weighted by Gasteiger charge is -2.36. The van der Waals surface area contributed by atoms with Gasteiger partial charge in [-0.05, 0) is 31.3 Å². The third-order valence-corrected chi connectivity index (χ3v) is 7.42. The highest BCUT2D eigenvalue weighted by atomic mass is 79.9. The van der Waals surface area contributed by atoms with Crippen LogP contribution in [-0.2, 0) is 14.8 Å². The van der Waals surface area contributed by atoms with Gasteiger partial charge in [-0.3, -0.25) is 9.10 Å². The second-order valence-corrected chi connectivity index (χ2v) is 9.60. The maximum Gasteiger partial charge on any atom is 0.265 e. The molecule has 27 heavy (non-hydrogen) atoms. The van der Waals surface area contributed by atoms with E-state index < -0.39 is 10.0 Å². The van der Waals surface area contributed by atoms with E-state index in [0.29, 0.717) is 24.3 Å². The van der Waals surface area contributed by atoms with Crippen LogP contribution >= 0.6 is 15.9 Å². The van der Waals surface area contributed by atoms with Crippen LogP contribution in [-0.4, -0.2) is 63.9 Å². The van der Waals surface area contributed by atoms with E-state index in [1.54, 1.807) is 35.2 Å². The molecule has 0 atom stereocenters. The molecule has 1 fully saturated rings. The minimum absolute atomic E-state index is 0.167. The van der Waals surface area contributed by atoms with Gasteiger partial charge in [0, 0.05) is 41.8 Å². The number of halogens is 1. The molecule has 8 heteroatoms. The van der Waals surface area contributed by atoms with Crippen molar-refractivity contribution < 1.29 is 13.2 Å². The Morgan fingerprint density at radius 1 is 1.04 bits per heavy atom. The summed E-state index contributed by atoms with van der Waals surface area (Å²) >= 11 is 3.46. The lowest BCUT2D eigenvalue weighted by Crippen LogP contribution is -2.51. The first kappa shape index (κ1) is 18.5. The molecule has 0 aliphatic carbocycles. The van der Waals surface area contributed by atoms with Gasteiger partial charge in [-0.25, -0.2) is 8.42 Å². The zero-order valence-electron chi connectivity index (χ0n) is 14.9. The third kappa shape index (κ3) is 3.26. The van der Waals surface area contributed by atoms with E-state index in [0.717, 1.165) is 23.1 Å². The third-order valence-electron chi connectivity index (χ3n) is 5.11. The fraction of sp³-hybridized carbons (Fsp3) is 0.316. The average Bonchev–Trinajstić information content (AvgIpc) is 2.66. The van der Waals surface area contributed by atoms with Crippen LogP contribution in [0, 0.1) is 0 Å². The SMILES string of the molecule is CN1CCN(C(=O)CN2c3ccc(Br)cc3-c3ccccc3S2(=O)=O)CC1. The maximum absolute atomic E-state index is 13.3. The molecule has 4 rings (SSSR count). The summed E-state index contributed by atoms with van der Waals surface area (Å²) in [6.45, 7) is 2.64. The summed E-state index contributed by atoms with van der Waals surface area (Å²) in [5.74, 6) is -0.167. The summed E-state index contributed by atoms with van der Waals surface area (Å²) in [6, 6.07) is 12.4. The van der Waals surface area contributed by atoms with Crippen molar-refractivity contribution in [3.63, 3.8) is 0 Å². The Labute approximate surface area is 167 Å². The Balaban J connectivity index is 1.74. The molecular formula is C19H20BrN3O3S. The van der Waals surface area contributed by atoms with Gasteiger partial charge in [0.1, 0.15) is 6.54 Å². The topological polar surface area (TPSA) is 60.9 Å². The molecule has 2 aromatic rings. The second-order valence-electron chi connectivity index (χ2n) is 6.85. The van der Waals surface area contributed by atoms with Gasteiger partial charge in [0.05, 0.1) is 10.6 Å². The van der Waals surface area contributed by atoms with Gasteiger partial charge >= 0.3 is 0 Å². The van der Waals surface area contributed by atoms with Crippen LogP contribution in [0.4, 0.5) is 5.69 Å². The number of carbonyl (C=O) groups excluding carboxylic acids is 1. The first-order valence-corrected chi connectivity index (χ1v) is 11.0. The molecule has 0 aromatic heterocycles. The standard InChI is InChI=1S/C19H20BrN3O3S/c1-21-8-10-22(11-9-21)19(24)13-23-17-7-6-14(20)12-16(17)15-4-2-3-5-18(15)27(23,25)26/h2-7,12H,8-11,13H2,1H3. The molecule has 1 amide bonds. The molecule has 0 bridgehead atoms. The molecule has 0 spiro atoms. The van der Waals surface area contributed by atoms with Gasteiger partial charge in [0.2, 0.25) is 5.91 Å². The van der Waals surface area contributed by atoms with Gasteiger partial charge in [-0.15, -0.1) is 0 Å². The quantitative estimate of drug-likeness (QED) is 0.705. The van der Waals surface area contributed by atoms with E-state index in [2.05, 4.69) is 20.8 Å². The highest BCUT2D eigenvalue weighted by molar-refractivity contribution is 9.10. The number of likely N-dealkylation sites (N-methyl/N-ethyl adjacent to an activating group) is 1. The molecule has 0 saturated carbocycles. The number of hydrogen-bond acceptors (Lipinski definition) is 4. The molecule has 6 nitrogen and oxygen atoms in total. The van der Waals surface area contributed by atoms with Crippen molar-refractivity contribution in [3.05, 3.63) is 46.9 Å². The van der Waals surface area contributed by atoms with Crippen LogP contribution in [0.2, 0.25) is 0 Å². The Kier molecular flexibility index (Phi) is 4.73. The number of carbonyl (C=O) groups is 1. The van der Waals surface area contributed by atoms with Crippen molar-refractivity contribution in [2.75, 3.05) is 44.1 Å². The number of hydrogen-bond donors (Lipinski definition) is 0. The number of nitrogens with zero attached hydrogens (tertiary/aromatic N) is 3. The van der Waals surface area contributed by atoms with Gasteiger partial charge < -0.3 is 9.80 Å². The van der Waals surface area contributed by atoms with Crippen LogP contribution in [0.15, 0.2) is 51.8 Å². The van der Waals surface area contributed by atoms with Gasteiger partial charge in [-0.2, -0.15) is 0 Å². The van der Waals surface area contributed by atoms with Gasteiger partial charge in [0.25, 0.3) is 10.0 Å². The number of rotatable bonds is 2. The van der Waals surface area contributed by atoms with Crippen molar-refractivity contribution in [3.8, 4) is 11.1 Å². The minimum Gasteiger partial charge on any atom is -0.339 e. The van der Waals surface area contributed by atoms with E-state index in [9.17, 15) is 13.2 Å². The van der Waals surface area contributed by atoms with E-state index in [1.165, 1.54) is 4.31 Å². The van der Waals surface area contributed by atoms with Crippen LogP contribution in [0.1, 0.15) is 0 Å². The van der Waals surface area contributed by atoms with Crippen molar-refractivity contribution in [1.29, 1.82) is 0 Å². The van der Waals surface area contributed by atoms with Crippen LogP contribution < -0.4 is 4.31 Å². The number of benzene rings is 2. The zero-order chi connectivity index (χ0) is 19.2. The number of amides is 1. The lowest BCUT2D eigenvalue weighted by molar-refractivity contribution is -0.131. The molecule has 0 radical (unpaired) electrons. The number of piperazine rings is 1. The highest BCUT2D eigenvalue weighted by Gasteiger charge is 2.36. The molecule has 2 heterocycles. The molecule has 0 unspecified atom stereocenters. The Morgan fingerprint density at radius 2 is 1.74 bits per heavy atom. The Morgan fingerprint density at radius 3 is 2.48 bits per heavy atom. The van der Waals surface area contributed by atoms with E-state index >= 15 is 0 Å². The zero-order valence-corrected chi connectivity index (χ0v) is 17.3. The van der Waals surface area contributed by atoms with E-state index in [-0.39, 0.29) is 17.3 Å². The van der Waals surface area contributed by atoms with Crippen LogP contribution in [0.25, 0.3) is 11.1 Å². The molecule has 1 saturated heterocycles. The van der Waals surface area contributed by atoms with E-state index in [4.69, 9.17) is 0 Å². The molecule has 2 aliphatic rings. The lowest BCUT2D eigenvalue weighted by atomic mass is 10.0. The Bertz CT molecular complexity index is 1000. The molecule has 142 valence electrons. The predicted molar refractivity (Wildman–Crippen MR) is 108 cm³/mol. The smallest absolute Gasteiger partial charge is 0.265 e. The average molecular weight is 450 g/mol. The van der Waals surface area contributed by atoms with Gasteiger partial charge in [-0.1, -0.05) is 34.1 Å². The normalized spacial score (nSPS) is 18.7. The summed E-state index contributed by atoms with van der Waals surface area (Å²) in [6.07, 6.45) is 0. The Hall–Kier alpha value is -1.90. The summed E-state index contributed by atoms with van der Waals surface area (Å²) in [5, 5.41) is 0. The number of fused-ring (bicyclic) bond motifs is 3. The van der Waals surface area contributed by atoms with Crippen molar-refractivity contribution in [1.82, 2.24) is 9.80 Å². The first-order valence-electron chi connectivity index (χ1n) is 8.76. The van der Waals surface area contributed by atoms with Crippen molar-refractivity contribution >= 4 is 37.5 Å². The predicted octanol–water partition coefficient (Wildman–Crippen LogP) is 2.40. The fourth-order valence-electron chi connectivity index (χ4n) is 3.55. The molecule has 2 aliphatic heterocycles. The maximum atomic E-state index is 13.3. The summed E-state index contributed by atoms with van der Waals surface area (Å²) < 4.78 is 28.6. The fourth-order valence-corrected chi connectivity index (χ4v) is 5.56. The second kappa shape index (κ2) is 6.92. The molecule has 2 aromatic carbocycles. The van der Waals surface area contributed by atoms with Gasteiger partial charge in [0.15, 0.2) is 0 Å². The largest absolute Gasteiger partial charge is 0.339 e. The minimum atomic E-state index is -3.79. The van der Waals surface area contributed by atoms with Crippen molar-refractivity contribution in [2.24, 2.45) is 0 Å².